The van der Waals surface area contributed by atoms with Gasteiger partial charge in [0.2, 0.25) is 5.91 Å². The van der Waals surface area contributed by atoms with E-state index in [9.17, 15) is 28.8 Å². The second-order valence-electron chi connectivity index (χ2n) is 9.07. The lowest BCUT2D eigenvalue weighted by Crippen LogP contribution is -2.62. The molecule has 1 heterocycles. The molecule has 0 spiro atoms. The fourth-order valence-electron chi connectivity index (χ4n) is 4.04. The molecule has 0 saturated carbocycles. The van der Waals surface area contributed by atoms with Crippen LogP contribution in [0.4, 0.5) is 0 Å². The number of rotatable bonds is 9. The van der Waals surface area contributed by atoms with E-state index in [-0.39, 0.29) is 18.9 Å². The molecule has 1 aromatic carbocycles. The Bertz CT molecular complexity index is 1200. The van der Waals surface area contributed by atoms with Crippen LogP contribution in [0.2, 0.25) is 0 Å². The van der Waals surface area contributed by atoms with Gasteiger partial charge in [-0.1, -0.05) is 24.0 Å². The summed E-state index contributed by atoms with van der Waals surface area (Å²) >= 11 is 0. The zero-order valence-corrected chi connectivity index (χ0v) is 23.6. The molecule has 2 rings (SSSR count). The van der Waals surface area contributed by atoms with Gasteiger partial charge in [-0.25, -0.2) is 4.79 Å². The van der Waals surface area contributed by atoms with Gasteiger partial charge in [0.15, 0.2) is 24.4 Å². The molecule has 0 radical (unpaired) electrons. The van der Waals surface area contributed by atoms with Crippen molar-refractivity contribution in [2.24, 2.45) is 0 Å². The molecule has 1 aliphatic rings. The third-order valence-corrected chi connectivity index (χ3v) is 5.61. The average molecular weight is 576 g/mol. The maximum absolute atomic E-state index is 12.0. The lowest BCUT2D eigenvalue weighted by Gasteiger charge is -2.42. The topological polar surface area (TPSA) is 170 Å². The summed E-state index contributed by atoms with van der Waals surface area (Å²) in [5, 5.41) is 2.54. The van der Waals surface area contributed by atoms with Crippen molar-refractivity contribution in [3.63, 3.8) is 0 Å². The maximum Gasteiger partial charge on any atom is 0.328 e. The Morgan fingerprint density at radius 3 is 1.90 bits per heavy atom. The predicted molar refractivity (Wildman–Crippen MR) is 139 cm³/mol. The molecule has 0 aromatic heterocycles. The standard InChI is InChI=1S/C28H33NO12/c1-15(30)29-22(28(35)36-6)13-21-9-7-20(8-10-21)11-12-23-25(38-17(3)32)27(40-19(5)34)26(39-18(4)33)24(41-23)14-37-16(2)31/h7-10,22-27H,13-14H2,1-6H3,(H,29,30)/t22-,23+,24+,25+,26+,27+/m0/s1. The fraction of sp³-hybridized carbons (Fsp3) is 0.500. The van der Waals surface area contributed by atoms with Gasteiger partial charge in [0.1, 0.15) is 18.8 Å². The second kappa shape index (κ2) is 15.4. The number of nitrogens with one attached hydrogen (secondary N) is 1. The molecule has 0 aliphatic carbocycles. The van der Waals surface area contributed by atoms with Crippen molar-refractivity contribution in [2.75, 3.05) is 13.7 Å². The normalized spacial score (nSPS) is 22.0. The number of hydrogen-bond acceptors (Lipinski definition) is 12. The van der Waals surface area contributed by atoms with Crippen molar-refractivity contribution in [1.29, 1.82) is 0 Å². The molecular formula is C28H33NO12. The van der Waals surface area contributed by atoms with Crippen LogP contribution in [0.15, 0.2) is 24.3 Å². The minimum atomic E-state index is -1.32. The van der Waals surface area contributed by atoms with Gasteiger partial charge in [0, 0.05) is 46.6 Å². The van der Waals surface area contributed by atoms with Gasteiger partial charge in [-0.3, -0.25) is 24.0 Å². The van der Waals surface area contributed by atoms with Gasteiger partial charge in [-0.05, 0) is 17.7 Å². The van der Waals surface area contributed by atoms with Crippen molar-refractivity contribution in [1.82, 2.24) is 5.32 Å². The van der Waals surface area contributed by atoms with E-state index in [0.29, 0.717) is 11.1 Å². The molecule has 0 bridgehead atoms. The largest absolute Gasteiger partial charge is 0.467 e. The lowest BCUT2D eigenvalue weighted by molar-refractivity contribution is -0.242. The second-order valence-corrected chi connectivity index (χ2v) is 9.07. The van der Waals surface area contributed by atoms with E-state index in [2.05, 4.69) is 17.2 Å². The van der Waals surface area contributed by atoms with Crippen molar-refractivity contribution in [2.45, 2.75) is 77.6 Å². The quantitative estimate of drug-likeness (QED) is 0.244. The molecule has 6 atom stereocenters. The first-order chi connectivity index (χ1) is 19.3. The van der Waals surface area contributed by atoms with Gasteiger partial charge >= 0.3 is 29.8 Å². The SMILES string of the molecule is COC(=O)[C@H](Cc1ccc(C#C[C@H]2O[C@H](COC(C)=O)[C@@H](OC(C)=O)[C@H](OC(C)=O)[C@@H]2OC(C)=O)cc1)NC(C)=O. The zero-order chi connectivity index (χ0) is 30.7. The summed E-state index contributed by atoms with van der Waals surface area (Å²) in [5.41, 5.74) is 1.22. The molecule has 1 amide bonds. The van der Waals surface area contributed by atoms with Crippen molar-refractivity contribution in [3.05, 3.63) is 35.4 Å². The highest BCUT2D eigenvalue weighted by Crippen LogP contribution is 2.29. The summed E-state index contributed by atoms with van der Waals surface area (Å²) in [5.74, 6) is 1.93. The minimum absolute atomic E-state index is 0.180. The molecule has 1 aromatic rings. The number of benzene rings is 1. The van der Waals surface area contributed by atoms with Crippen LogP contribution in [0.3, 0.4) is 0 Å². The van der Waals surface area contributed by atoms with Gasteiger partial charge in [0.05, 0.1) is 7.11 Å². The van der Waals surface area contributed by atoms with Crippen LogP contribution in [0.25, 0.3) is 0 Å². The Labute approximate surface area is 237 Å². The summed E-state index contributed by atoms with van der Waals surface area (Å²) < 4.78 is 31.9. The van der Waals surface area contributed by atoms with Crippen molar-refractivity contribution >= 4 is 35.8 Å². The van der Waals surface area contributed by atoms with E-state index in [1.165, 1.54) is 21.0 Å². The number of ether oxygens (including phenoxy) is 6. The molecule has 0 unspecified atom stereocenters. The van der Waals surface area contributed by atoms with Gasteiger partial charge < -0.3 is 33.7 Å². The smallest absolute Gasteiger partial charge is 0.328 e. The number of carbonyl (C=O) groups excluding carboxylic acids is 6. The molecule has 222 valence electrons. The Hall–Kier alpha value is -4.44. The van der Waals surface area contributed by atoms with E-state index in [1.807, 2.05) is 0 Å². The monoisotopic (exact) mass is 575 g/mol. The summed E-state index contributed by atoms with van der Waals surface area (Å²) in [7, 11) is 1.23. The van der Waals surface area contributed by atoms with Gasteiger partial charge in [-0.2, -0.15) is 0 Å². The maximum atomic E-state index is 12.0. The van der Waals surface area contributed by atoms with Crippen LogP contribution < -0.4 is 5.32 Å². The summed E-state index contributed by atoms with van der Waals surface area (Å²) in [6.07, 6.45) is -5.99. The summed E-state index contributed by atoms with van der Waals surface area (Å²) in [6, 6.07) is 5.86. The highest BCUT2D eigenvalue weighted by atomic mass is 16.7. The van der Waals surface area contributed by atoms with E-state index in [1.54, 1.807) is 24.3 Å². The molecule has 41 heavy (non-hydrogen) atoms. The van der Waals surface area contributed by atoms with Crippen molar-refractivity contribution in [3.8, 4) is 11.8 Å². The Morgan fingerprint density at radius 1 is 0.829 bits per heavy atom. The van der Waals surface area contributed by atoms with Crippen molar-refractivity contribution < 1.29 is 57.2 Å². The van der Waals surface area contributed by atoms with E-state index < -0.39 is 66.4 Å². The molecule has 13 heteroatoms. The van der Waals surface area contributed by atoms with Crippen LogP contribution >= 0.6 is 0 Å². The lowest BCUT2D eigenvalue weighted by atomic mass is 9.94. The third kappa shape index (κ3) is 10.6. The first kappa shape index (κ1) is 32.8. The molecule has 1 N–H and O–H groups in total. The number of esters is 5. The predicted octanol–water partition coefficient (Wildman–Crippen LogP) is 0.384. The summed E-state index contributed by atoms with van der Waals surface area (Å²) in [6.45, 7) is 5.52. The van der Waals surface area contributed by atoms with Crippen LogP contribution in [0.1, 0.15) is 45.7 Å². The minimum Gasteiger partial charge on any atom is -0.467 e. The molecule has 1 aliphatic heterocycles. The number of methoxy groups -OCH3 is 1. The van der Waals surface area contributed by atoms with Crippen LogP contribution in [-0.4, -0.2) is 86.0 Å². The van der Waals surface area contributed by atoms with E-state index in [0.717, 1.165) is 20.8 Å². The first-order valence-corrected chi connectivity index (χ1v) is 12.6. The highest BCUT2D eigenvalue weighted by molar-refractivity contribution is 5.83. The molecule has 1 fully saturated rings. The number of hydrogen-bond donors (Lipinski definition) is 1. The fourth-order valence-corrected chi connectivity index (χ4v) is 4.04. The molecular weight excluding hydrogens is 542 g/mol. The third-order valence-electron chi connectivity index (χ3n) is 5.61. The Balaban J connectivity index is 2.39. The van der Waals surface area contributed by atoms with E-state index in [4.69, 9.17) is 28.4 Å². The number of carbonyl (C=O) groups is 6. The highest BCUT2D eigenvalue weighted by Gasteiger charge is 2.51. The summed E-state index contributed by atoms with van der Waals surface area (Å²) in [4.78, 5) is 70.6. The molecule has 13 nitrogen and oxygen atoms in total. The number of amides is 1. The molecule has 1 saturated heterocycles. The zero-order valence-electron chi connectivity index (χ0n) is 23.6. The van der Waals surface area contributed by atoms with E-state index >= 15 is 0 Å². The average Bonchev–Trinajstić information content (AvgIpc) is 2.88. The first-order valence-electron chi connectivity index (χ1n) is 12.6. The van der Waals surface area contributed by atoms with Crippen LogP contribution in [-0.2, 0) is 63.6 Å². The van der Waals surface area contributed by atoms with Crippen LogP contribution in [0, 0.1) is 11.8 Å². The Morgan fingerprint density at radius 2 is 1.39 bits per heavy atom. The van der Waals surface area contributed by atoms with Gasteiger partial charge in [0.25, 0.3) is 0 Å². The Kier molecular flexibility index (Phi) is 12.3. The van der Waals surface area contributed by atoms with Crippen LogP contribution in [0.5, 0.6) is 0 Å². The van der Waals surface area contributed by atoms with Gasteiger partial charge in [-0.15, -0.1) is 0 Å².